The second-order valence-corrected chi connectivity index (χ2v) is 14.7. The molecular formula is C56H42N6O7. The fourth-order valence-corrected chi connectivity index (χ4v) is 6.95. The number of amides is 2. The van der Waals surface area contributed by atoms with Gasteiger partial charge in [0.25, 0.3) is 11.8 Å². The fraction of sp³-hybridized carbons (Fsp3) is 0.0179. The fourth-order valence-electron chi connectivity index (χ4n) is 6.95. The Morgan fingerprint density at radius 2 is 0.899 bits per heavy atom. The monoisotopic (exact) mass is 910 g/mol. The van der Waals surface area contributed by atoms with Crippen molar-refractivity contribution in [2.24, 2.45) is 0 Å². The van der Waals surface area contributed by atoms with E-state index in [0.29, 0.717) is 23.1 Å². The third kappa shape index (κ3) is 13.6. The summed E-state index contributed by atoms with van der Waals surface area (Å²) in [6.45, 7) is 3.82. The minimum Gasteiger partial charge on any atom is -0.321 e. The number of anilines is 2. The molecule has 4 N–H and O–H groups in total. The highest BCUT2D eigenvalue weighted by atomic mass is 16.2. The molecule has 0 saturated carbocycles. The first-order valence-electron chi connectivity index (χ1n) is 21.2. The molecule has 0 unspecified atom stereocenters. The molecule has 0 bridgehead atoms. The molecule has 2 heterocycles. The van der Waals surface area contributed by atoms with Gasteiger partial charge in [0.1, 0.15) is 0 Å². The molecule has 0 aliphatic carbocycles. The van der Waals surface area contributed by atoms with Gasteiger partial charge >= 0.3 is 12.3 Å². The molecular weight excluding hydrogens is 869 g/mol. The lowest BCUT2D eigenvalue weighted by molar-refractivity contribution is -0.193. The molecule has 2 aromatic heterocycles. The number of ketones is 1. The van der Waals surface area contributed by atoms with Crippen LogP contribution in [0.25, 0.3) is 52.2 Å². The minimum atomic E-state index is -0.161. The van der Waals surface area contributed by atoms with Crippen LogP contribution in [-0.4, -0.2) is 50.3 Å². The van der Waals surface area contributed by atoms with E-state index in [2.05, 4.69) is 43.7 Å². The number of hydrogen-bond donors (Lipinski definition) is 4. The van der Waals surface area contributed by atoms with Crippen LogP contribution in [0.2, 0.25) is 0 Å². The normalized spacial score (nSPS) is 10.3. The number of nitrogens with zero attached hydrogens (tertiary/aromatic N) is 2. The summed E-state index contributed by atoms with van der Waals surface area (Å²) in [6.07, 6.45) is 10.4. The van der Waals surface area contributed by atoms with E-state index in [4.69, 9.17) is 19.2 Å². The summed E-state index contributed by atoms with van der Waals surface area (Å²) >= 11 is 0. The van der Waals surface area contributed by atoms with Crippen molar-refractivity contribution in [1.82, 2.24) is 20.4 Å². The number of aromatic nitrogens is 4. The summed E-state index contributed by atoms with van der Waals surface area (Å²) in [4.78, 5) is 70.2. The average molecular weight is 911 g/mol. The largest absolute Gasteiger partial charge is 0.373 e. The summed E-state index contributed by atoms with van der Waals surface area (Å²) in [5, 5.41) is 22.8. The molecule has 0 atom stereocenters. The summed E-state index contributed by atoms with van der Waals surface area (Å²) in [6, 6.07) is 54.8. The number of rotatable bonds is 12. The molecule has 0 aliphatic rings. The molecule has 69 heavy (non-hydrogen) atoms. The number of hydrogen-bond acceptors (Lipinski definition) is 9. The molecule has 7 aromatic carbocycles. The van der Waals surface area contributed by atoms with Crippen LogP contribution in [0.4, 0.5) is 11.4 Å². The number of para-hydroxylation sites is 2. The predicted octanol–water partition coefficient (Wildman–Crippen LogP) is 10.9. The molecule has 0 saturated heterocycles. The van der Waals surface area contributed by atoms with Gasteiger partial charge < -0.3 is 10.6 Å². The number of nitrogens with one attached hydrogen (secondary N) is 4. The van der Waals surface area contributed by atoms with E-state index in [-0.39, 0.29) is 29.9 Å². The summed E-state index contributed by atoms with van der Waals surface area (Å²) in [5.41, 5.74) is 10.6. The first-order valence-corrected chi connectivity index (χ1v) is 21.2. The van der Waals surface area contributed by atoms with Crippen LogP contribution in [-0.2, 0) is 25.6 Å². The van der Waals surface area contributed by atoms with E-state index >= 15 is 0 Å². The quantitative estimate of drug-likeness (QED) is 0.0861. The van der Waals surface area contributed by atoms with Crippen molar-refractivity contribution in [3.05, 3.63) is 233 Å². The number of H-pyrrole nitrogens is 2. The number of fused-ring (bicyclic) bond motifs is 2. The van der Waals surface area contributed by atoms with E-state index < -0.39 is 0 Å². The van der Waals surface area contributed by atoms with Gasteiger partial charge in [-0.2, -0.15) is 29.4 Å². The standard InChI is InChI=1S/C30H23N3O2.C24H19N3O.2CO2/c34-29(23-10-3-1-4-11-23)20-21-15-17-27-25(19-21)28(33-32-27)18-16-22-9-7-8-14-26(22)31-30(35)24-12-5-2-6-13-24;1-2-17-12-14-22-20(16-17)23(27-26-22)15-13-18-8-6-7-11-21(18)25-24(28)19-9-4-3-5-10-19;2*2-1-3/h1-19H,20H2,(H,31,35)(H,32,33);2-16H,1H2,(H,25,28)(H,26,27);;/b18-16+;15-13+;;. The molecule has 0 radical (unpaired) electrons. The van der Waals surface area contributed by atoms with E-state index in [1.807, 2.05) is 176 Å². The van der Waals surface area contributed by atoms with Crippen molar-refractivity contribution in [3.8, 4) is 0 Å². The number of Topliss-reactive ketones (excluding diaryl/α,β-unsaturated/α-hetero) is 1. The van der Waals surface area contributed by atoms with Gasteiger partial charge in [-0.3, -0.25) is 24.6 Å². The summed E-state index contributed by atoms with van der Waals surface area (Å²) in [7, 11) is 0. The van der Waals surface area contributed by atoms with Crippen LogP contribution in [0.3, 0.4) is 0 Å². The van der Waals surface area contributed by atoms with Crippen LogP contribution in [0.5, 0.6) is 0 Å². The molecule has 0 spiro atoms. The van der Waals surface area contributed by atoms with Crippen LogP contribution in [0.1, 0.15) is 64.7 Å². The lowest BCUT2D eigenvalue weighted by Crippen LogP contribution is -2.12. The van der Waals surface area contributed by atoms with Gasteiger partial charge in [-0.25, -0.2) is 0 Å². The molecule has 13 nitrogen and oxygen atoms in total. The van der Waals surface area contributed by atoms with Crippen LogP contribution in [0, 0.1) is 0 Å². The molecule has 338 valence electrons. The second kappa shape index (κ2) is 24.9. The van der Waals surface area contributed by atoms with Gasteiger partial charge in [0.15, 0.2) is 5.78 Å². The Balaban J connectivity index is 0.000000208. The SMILES string of the molecule is C=Cc1ccc2n[nH]c(/C=C/c3ccccc3NC(=O)c3ccccc3)c2c1.O=C(Cc1ccc2n[nH]c(/C=C/c3ccccc3NC(=O)c3ccccc3)c2c1)c1ccccc1.O=C=O.O=C=O. The number of carbonyl (C=O) groups is 3. The molecule has 0 aliphatic heterocycles. The summed E-state index contributed by atoms with van der Waals surface area (Å²) < 4.78 is 0. The maximum atomic E-state index is 12.6. The van der Waals surface area contributed by atoms with E-state index in [0.717, 1.165) is 66.8 Å². The van der Waals surface area contributed by atoms with E-state index in [1.54, 1.807) is 24.3 Å². The highest BCUT2D eigenvalue weighted by Crippen LogP contribution is 2.25. The average Bonchev–Trinajstić information content (AvgIpc) is 4.00. The number of aromatic amines is 2. The highest BCUT2D eigenvalue weighted by molar-refractivity contribution is 6.06. The highest BCUT2D eigenvalue weighted by Gasteiger charge is 2.12. The molecule has 9 rings (SSSR count). The molecule has 13 heteroatoms. The van der Waals surface area contributed by atoms with E-state index in [1.165, 1.54) is 0 Å². The third-order valence-electron chi connectivity index (χ3n) is 10.3. The zero-order valence-corrected chi connectivity index (χ0v) is 36.8. The van der Waals surface area contributed by atoms with Gasteiger partial charge in [0.2, 0.25) is 0 Å². The minimum absolute atomic E-state index is 0.0774. The zero-order valence-electron chi connectivity index (χ0n) is 36.8. The van der Waals surface area contributed by atoms with Crippen LogP contribution in [0.15, 0.2) is 183 Å². The van der Waals surface area contributed by atoms with Crippen molar-refractivity contribution in [3.63, 3.8) is 0 Å². The maximum Gasteiger partial charge on any atom is 0.373 e. The second-order valence-electron chi connectivity index (χ2n) is 14.7. The van der Waals surface area contributed by atoms with Crippen molar-refractivity contribution in [2.75, 3.05) is 10.6 Å². The maximum absolute atomic E-state index is 12.6. The van der Waals surface area contributed by atoms with Gasteiger partial charge in [-0.15, -0.1) is 0 Å². The van der Waals surface area contributed by atoms with Crippen LogP contribution >= 0.6 is 0 Å². The van der Waals surface area contributed by atoms with Crippen LogP contribution < -0.4 is 10.6 Å². The third-order valence-corrected chi connectivity index (χ3v) is 10.3. The molecule has 9 aromatic rings. The van der Waals surface area contributed by atoms with Crippen molar-refractivity contribution in [2.45, 2.75) is 6.42 Å². The topological polar surface area (TPSA) is 201 Å². The van der Waals surface area contributed by atoms with E-state index in [9.17, 15) is 14.4 Å². The summed E-state index contributed by atoms with van der Waals surface area (Å²) in [5.74, 6) is -0.219. The Morgan fingerprint density at radius 3 is 1.36 bits per heavy atom. The first-order chi connectivity index (χ1) is 33.7. The lowest BCUT2D eigenvalue weighted by Gasteiger charge is -2.08. The van der Waals surface area contributed by atoms with Crippen molar-refractivity contribution >= 4 is 93.5 Å². The number of benzene rings is 7. The predicted molar refractivity (Wildman–Crippen MR) is 266 cm³/mol. The van der Waals surface area contributed by atoms with Gasteiger partial charge in [-0.1, -0.05) is 140 Å². The molecule has 0 fully saturated rings. The number of carbonyl (C=O) groups excluding carboxylic acids is 7. The Labute approximate surface area is 395 Å². The Morgan fingerprint density at radius 1 is 0.493 bits per heavy atom. The molecule has 2 amide bonds. The smallest absolute Gasteiger partial charge is 0.321 e. The Bertz CT molecular complexity index is 3320. The van der Waals surface area contributed by atoms with Gasteiger partial charge in [0, 0.05) is 45.3 Å². The van der Waals surface area contributed by atoms with Crippen molar-refractivity contribution < 1.29 is 33.6 Å². The van der Waals surface area contributed by atoms with Crippen molar-refractivity contribution in [1.29, 1.82) is 0 Å². The Kier molecular flexibility index (Phi) is 17.5. The Hall–Kier alpha value is -9.93. The van der Waals surface area contributed by atoms with Gasteiger partial charge in [-0.05, 0) is 95.1 Å². The lowest BCUT2D eigenvalue weighted by atomic mass is 10.0. The van der Waals surface area contributed by atoms with Gasteiger partial charge in [0.05, 0.1) is 22.4 Å². The first kappa shape index (κ1) is 48.5. The zero-order chi connectivity index (χ0) is 48.8.